The number of hydrogen-bond acceptors (Lipinski definition) is 4. The number of unbranched alkanes of at least 4 members (excludes halogenated alkanes) is 1. The lowest BCUT2D eigenvalue weighted by Crippen LogP contribution is -2.41. The average molecular weight is 418 g/mol. The van der Waals surface area contributed by atoms with E-state index in [1.165, 1.54) is 5.56 Å². The quantitative estimate of drug-likeness (QED) is 0.523. The molecule has 1 unspecified atom stereocenters. The third-order valence-electron chi connectivity index (χ3n) is 5.79. The highest BCUT2D eigenvalue weighted by Gasteiger charge is 2.19. The van der Waals surface area contributed by atoms with Crippen molar-refractivity contribution in [1.82, 2.24) is 15.1 Å². The molecule has 1 aliphatic rings. The molecule has 2 rings (SSSR count). The van der Waals surface area contributed by atoms with Crippen molar-refractivity contribution in [2.45, 2.75) is 72.4 Å². The Morgan fingerprint density at radius 3 is 2.47 bits per heavy atom. The zero-order valence-electron chi connectivity index (χ0n) is 19.8. The smallest absolute Gasteiger partial charge is 0.223 e. The number of carbonyl (C=O) groups excluding carboxylic acids is 1. The van der Waals surface area contributed by atoms with Gasteiger partial charge in [0, 0.05) is 44.7 Å². The molecule has 1 fully saturated rings. The van der Waals surface area contributed by atoms with Crippen LogP contribution in [0.3, 0.4) is 0 Å². The van der Waals surface area contributed by atoms with Gasteiger partial charge in [0.05, 0.1) is 6.61 Å². The Morgan fingerprint density at radius 2 is 1.80 bits per heavy atom. The molecule has 30 heavy (non-hydrogen) atoms. The van der Waals surface area contributed by atoms with Crippen molar-refractivity contribution in [3.05, 3.63) is 29.8 Å². The van der Waals surface area contributed by atoms with Crippen LogP contribution in [0.2, 0.25) is 0 Å². The molecule has 170 valence electrons. The van der Waals surface area contributed by atoms with Crippen LogP contribution in [-0.2, 0) is 11.2 Å². The van der Waals surface area contributed by atoms with Gasteiger partial charge in [0.2, 0.25) is 5.91 Å². The number of amides is 1. The molecule has 1 saturated heterocycles. The molecular weight excluding hydrogens is 374 g/mol. The van der Waals surface area contributed by atoms with Gasteiger partial charge in [-0.2, -0.15) is 0 Å². The van der Waals surface area contributed by atoms with E-state index in [0.717, 1.165) is 64.3 Å². The van der Waals surface area contributed by atoms with Gasteiger partial charge in [-0.3, -0.25) is 9.69 Å². The monoisotopic (exact) mass is 417 g/mol. The van der Waals surface area contributed by atoms with Crippen molar-refractivity contribution in [2.24, 2.45) is 5.92 Å². The molecule has 1 atom stereocenters. The molecule has 0 radical (unpaired) electrons. The number of ether oxygens (including phenoxy) is 1. The molecule has 1 heterocycles. The number of hydrogen-bond donors (Lipinski definition) is 1. The Morgan fingerprint density at radius 1 is 1.07 bits per heavy atom. The Kier molecular flexibility index (Phi) is 10.7. The van der Waals surface area contributed by atoms with E-state index in [1.807, 2.05) is 4.90 Å². The minimum Gasteiger partial charge on any atom is -0.493 e. The maximum absolute atomic E-state index is 12.1. The van der Waals surface area contributed by atoms with Crippen molar-refractivity contribution >= 4 is 5.91 Å². The van der Waals surface area contributed by atoms with Crippen molar-refractivity contribution in [3.8, 4) is 5.75 Å². The van der Waals surface area contributed by atoms with Gasteiger partial charge in [0.15, 0.2) is 0 Å². The summed E-state index contributed by atoms with van der Waals surface area (Å²) in [6.07, 6.45) is 3.88. The normalized spacial score (nSPS) is 16.4. The van der Waals surface area contributed by atoms with Crippen LogP contribution in [0, 0.1) is 5.92 Å². The molecule has 1 aromatic rings. The van der Waals surface area contributed by atoms with Crippen molar-refractivity contribution < 1.29 is 9.53 Å². The first kappa shape index (κ1) is 24.7. The minimum absolute atomic E-state index is 0.301. The van der Waals surface area contributed by atoms with Crippen LogP contribution in [-0.4, -0.2) is 67.1 Å². The fourth-order valence-corrected chi connectivity index (χ4v) is 4.08. The molecular formula is C25H43N3O2. The van der Waals surface area contributed by atoms with E-state index in [4.69, 9.17) is 4.74 Å². The Balaban J connectivity index is 1.78. The second-order valence-electron chi connectivity index (χ2n) is 9.32. The predicted molar refractivity (Wildman–Crippen MR) is 125 cm³/mol. The lowest BCUT2D eigenvalue weighted by molar-refractivity contribution is -0.130. The predicted octanol–water partition coefficient (Wildman–Crippen LogP) is 3.96. The first-order chi connectivity index (χ1) is 14.4. The molecule has 1 aromatic carbocycles. The Hall–Kier alpha value is -1.59. The Bertz CT molecular complexity index is 615. The first-order valence-corrected chi connectivity index (χ1v) is 11.8. The van der Waals surface area contributed by atoms with Crippen LogP contribution in [0.25, 0.3) is 0 Å². The van der Waals surface area contributed by atoms with Gasteiger partial charge in [-0.25, -0.2) is 0 Å². The maximum Gasteiger partial charge on any atom is 0.223 e. The molecule has 0 spiro atoms. The van der Waals surface area contributed by atoms with Crippen molar-refractivity contribution in [2.75, 3.05) is 39.3 Å². The van der Waals surface area contributed by atoms with Crippen LogP contribution in [0.4, 0.5) is 0 Å². The summed E-state index contributed by atoms with van der Waals surface area (Å²) in [5.74, 6) is 1.80. The average Bonchev–Trinajstić information content (AvgIpc) is 2.91. The highest BCUT2D eigenvalue weighted by molar-refractivity contribution is 5.76. The second kappa shape index (κ2) is 13.0. The standard InChI is InChI=1S/C25H43N3O2/c1-20(2)19-30-24-10-8-23(9-11-24)18-22(5)28(21(3)4)16-7-6-15-27-17-14-26-13-12-25(27)29/h8-11,20-22,26H,6-7,12-19H2,1-5H3. The van der Waals surface area contributed by atoms with E-state index < -0.39 is 0 Å². The highest BCUT2D eigenvalue weighted by atomic mass is 16.5. The van der Waals surface area contributed by atoms with Crippen LogP contribution >= 0.6 is 0 Å². The summed E-state index contributed by atoms with van der Waals surface area (Å²) in [5.41, 5.74) is 1.35. The van der Waals surface area contributed by atoms with Gasteiger partial charge in [0.1, 0.15) is 5.75 Å². The number of nitrogens with zero attached hydrogens (tertiary/aromatic N) is 2. The fraction of sp³-hybridized carbons (Fsp3) is 0.720. The van der Waals surface area contributed by atoms with Crippen molar-refractivity contribution in [1.29, 1.82) is 0 Å². The third-order valence-corrected chi connectivity index (χ3v) is 5.79. The zero-order chi connectivity index (χ0) is 21.9. The van der Waals surface area contributed by atoms with Crippen LogP contribution in [0.15, 0.2) is 24.3 Å². The van der Waals surface area contributed by atoms with Crippen LogP contribution in [0.5, 0.6) is 5.75 Å². The van der Waals surface area contributed by atoms with Crippen molar-refractivity contribution in [3.63, 3.8) is 0 Å². The van der Waals surface area contributed by atoms with E-state index in [-0.39, 0.29) is 0 Å². The lowest BCUT2D eigenvalue weighted by Gasteiger charge is -2.33. The molecule has 1 amide bonds. The summed E-state index contributed by atoms with van der Waals surface area (Å²) in [4.78, 5) is 16.8. The number of benzene rings is 1. The van der Waals surface area contributed by atoms with E-state index in [9.17, 15) is 4.79 Å². The van der Waals surface area contributed by atoms with Gasteiger partial charge in [-0.15, -0.1) is 0 Å². The van der Waals surface area contributed by atoms with E-state index in [2.05, 4.69) is 69.1 Å². The molecule has 0 aliphatic carbocycles. The molecule has 0 bridgehead atoms. The number of carbonyl (C=O) groups is 1. The zero-order valence-corrected chi connectivity index (χ0v) is 19.8. The molecule has 1 N–H and O–H groups in total. The molecule has 5 heteroatoms. The van der Waals surface area contributed by atoms with E-state index in [0.29, 0.717) is 30.3 Å². The van der Waals surface area contributed by atoms with Crippen LogP contribution < -0.4 is 10.1 Å². The van der Waals surface area contributed by atoms with Crippen LogP contribution in [0.1, 0.15) is 59.4 Å². The van der Waals surface area contributed by atoms with Gasteiger partial charge in [-0.1, -0.05) is 26.0 Å². The summed E-state index contributed by atoms with van der Waals surface area (Å²) in [5, 5.41) is 3.31. The Labute approximate surface area is 184 Å². The lowest BCUT2D eigenvalue weighted by atomic mass is 10.0. The molecule has 1 aliphatic heterocycles. The third kappa shape index (κ3) is 8.65. The maximum atomic E-state index is 12.1. The molecule has 5 nitrogen and oxygen atoms in total. The first-order valence-electron chi connectivity index (χ1n) is 11.8. The summed E-state index contributed by atoms with van der Waals surface area (Å²) < 4.78 is 5.80. The fourth-order valence-electron chi connectivity index (χ4n) is 4.08. The second-order valence-corrected chi connectivity index (χ2v) is 9.32. The number of rotatable bonds is 12. The number of nitrogens with one attached hydrogen (secondary N) is 1. The van der Waals surface area contributed by atoms with E-state index in [1.54, 1.807) is 0 Å². The highest BCUT2D eigenvalue weighted by Crippen LogP contribution is 2.17. The minimum atomic E-state index is 0.301. The summed E-state index contributed by atoms with van der Waals surface area (Å²) in [7, 11) is 0. The van der Waals surface area contributed by atoms with Gasteiger partial charge >= 0.3 is 0 Å². The van der Waals surface area contributed by atoms with E-state index >= 15 is 0 Å². The van der Waals surface area contributed by atoms with Gasteiger partial charge in [-0.05, 0) is 70.2 Å². The molecule has 0 aromatic heterocycles. The SMILES string of the molecule is CC(C)COc1ccc(CC(C)N(CCCCN2CCNCCC2=O)C(C)C)cc1. The van der Waals surface area contributed by atoms with Gasteiger partial charge in [0.25, 0.3) is 0 Å². The summed E-state index contributed by atoms with van der Waals surface area (Å²) in [6, 6.07) is 9.58. The topological polar surface area (TPSA) is 44.8 Å². The summed E-state index contributed by atoms with van der Waals surface area (Å²) in [6.45, 7) is 16.5. The largest absolute Gasteiger partial charge is 0.493 e. The molecule has 0 saturated carbocycles. The van der Waals surface area contributed by atoms with Gasteiger partial charge < -0.3 is 15.0 Å². The summed E-state index contributed by atoms with van der Waals surface area (Å²) >= 11 is 0.